The van der Waals surface area contributed by atoms with Crippen molar-refractivity contribution in [3.8, 4) is 11.1 Å². The third kappa shape index (κ3) is 7.02. The summed E-state index contributed by atoms with van der Waals surface area (Å²) in [6.45, 7) is 3.56. The number of hydrogen-bond donors (Lipinski definition) is 2. The fraction of sp³-hybridized carbons (Fsp3) is 0.276. The second-order valence-corrected chi connectivity index (χ2v) is 9.65. The number of nitrogens with one attached hydrogen (secondary N) is 1. The minimum Gasteiger partial charge on any atom is -0.313 e. The minimum atomic E-state index is -2.55. The summed E-state index contributed by atoms with van der Waals surface area (Å²) in [4.78, 5) is 13.3. The quantitative estimate of drug-likeness (QED) is 0.166. The maximum Gasteiger partial charge on any atom is 0.694 e. The smallest absolute Gasteiger partial charge is 0.313 e. The van der Waals surface area contributed by atoms with Crippen molar-refractivity contribution < 1.29 is 18.4 Å². The molecule has 0 aliphatic carbocycles. The predicted molar refractivity (Wildman–Crippen MR) is 142 cm³/mol. The van der Waals surface area contributed by atoms with Gasteiger partial charge in [-0.1, -0.05) is 60.2 Å². The Hall–Kier alpha value is -3.02. The second-order valence-electron chi connectivity index (χ2n) is 8.92. The third-order valence-corrected chi connectivity index (χ3v) is 6.67. The predicted octanol–water partition coefficient (Wildman–Crippen LogP) is 6.67. The lowest BCUT2D eigenvalue weighted by Crippen LogP contribution is -2.16. The van der Waals surface area contributed by atoms with Gasteiger partial charge in [-0.05, 0) is 79.1 Å². The number of benzene rings is 3. The molecule has 1 atom stereocenters. The van der Waals surface area contributed by atoms with Crippen LogP contribution in [0.3, 0.4) is 0 Å². The molecule has 1 heterocycles. The molecule has 0 saturated heterocycles. The highest BCUT2D eigenvalue weighted by Gasteiger charge is 2.12. The summed E-state index contributed by atoms with van der Waals surface area (Å²) in [6.07, 6.45) is 4.92. The number of halogens is 1. The molecule has 186 valence electrons. The maximum atomic E-state index is 15.0. The molecule has 0 bridgehead atoms. The third-order valence-electron chi connectivity index (χ3n) is 6.26. The van der Waals surface area contributed by atoms with E-state index in [1.165, 1.54) is 11.1 Å². The molecule has 36 heavy (non-hydrogen) atoms. The van der Waals surface area contributed by atoms with Crippen LogP contribution in [0.2, 0.25) is 0 Å². The average molecular weight is 506 g/mol. The summed E-state index contributed by atoms with van der Waals surface area (Å²) < 4.78 is 30.3. The number of aryl methyl sites for hydroxylation is 3. The number of hydrogen-bond acceptors (Lipinski definition) is 4. The van der Waals surface area contributed by atoms with Crippen LogP contribution >= 0.6 is 8.25 Å². The van der Waals surface area contributed by atoms with Gasteiger partial charge in [-0.2, -0.15) is 0 Å². The molecule has 4 rings (SSSR count). The fourth-order valence-electron chi connectivity index (χ4n) is 4.34. The first-order valence-electron chi connectivity index (χ1n) is 12.2. The van der Waals surface area contributed by atoms with Gasteiger partial charge in [0.05, 0.1) is 5.52 Å². The van der Waals surface area contributed by atoms with Gasteiger partial charge in [0, 0.05) is 22.7 Å². The second kappa shape index (κ2) is 12.8. The van der Waals surface area contributed by atoms with Crippen LogP contribution in [0.25, 0.3) is 22.0 Å². The zero-order chi connectivity index (χ0) is 25.3. The monoisotopic (exact) mass is 505 g/mol. The van der Waals surface area contributed by atoms with Crippen molar-refractivity contribution >= 4 is 19.2 Å². The molecule has 0 fully saturated rings. The summed E-state index contributed by atoms with van der Waals surface area (Å²) in [5.74, 6) is -0.175. The number of nitrogens with zero attached hydrogens (tertiary/aromatic N) is 1. The summed E-state index contributed by atoms with van der Waals surface area (Å²) in [6, 6.07) is 22.0. The fourth-order valence-corrected chi connectivity index (χ4v) is 4.63. The van der Waals surface area contributed by atoms with E-state index in [0.717, 1.165) is 46.0 Å². The minimum absolute atomic E-state index is 0.175. The lowest BCUT2D eigenvalue weighted by molar-refractivity contribution is 0.276. The molecule has 7 heteroatoms. The zero-order valence-corrected chi connectivity index (χ0v) is 21.3. The summed E-state index contributed by atoms with van der Waals surface area (Å²) in [5, 5.41) is 4.30. The first kappa shape index (κ1) is 26.1. The van der Waals surface area contributed by atoms with E-state index in [9.17, 15) is 4.57 Å². The Morgan fingerprint density at radius 1 is 1.00 bits per heavy atom. The van der Waals surface area contributed by atoms with Gasteiger partial charge >= 0.3 is 8.25 Å². The molecule has 0 spiro atoms. The van der Waals surface area contributed by atoms with Crippen molar-refractivity contribution in [2.45, 2.75) is 39.2 Å². The van der Waals surface area contributed by atoms with E-state index in [-0.39, 0.29) is 12.4 Å². The van der Waals surface area contributed by atoms with Crippen molar-refractivity contribution in [3.05, 3.63) is 101 Å². The van der Waals surface area contributed by atoms with Gasteiger partial charge in [0.1, 0.15) is 12.4 Å². The Bertz CT molecular complexity index is 1330. The lowest BCUT2D eigenvalue weighted by Gasteiger charge is -2.13. The summed E-state index contributed by atoms with van der Waals surface area (Å²) in [5.41, 5.74) is 6.97. The number of aromatic nitrogens is 1. The van der Waals surface area contributed by atoms with Crippen molar-refractivity contribution in [3.63, 3.8) is 0 Å². The Labute approximate surface area is 212 Å². The van der Waals surface area contributed by atoms with E-state index in [1.807, 2.05) is 36.4 Å². The molecular weight excluding hydrogens is 474 g/mol. The van der Waals surface area contributed by atoms with Crippen molar-refractivity contribution in [1.29, 1.82) is 0 Å². The Morgan fingerprint density at radius 3 is 2.58 bits per heavy atom. The maximum absolute atomic E-state index is 15.0. The van der Waals surface area contributed by atoms with Crippen LogP contribution in [0.5, 0.6) is 0 Å². The number of rotatable bonds is 12. The van der Waals surface area contributed by atoms with Crippen LogP contribution in [0.1, 0.15) is 35.1 Å². The highest BCUT2D eigenvalue weighted by molar-refractivity contribution is 7.32. The zero-order valence-electron chi connectivity index (χ0n) is 20.4. The van der Waals surface area contributed by atoms with Crippen molar-refractivity contribution in [2.24, 2.45) is 0 Å². The molecule has 0 amide bonds. The van der Waals surface area contributed by atoms with E-state index >= 15 is 4.39 Å². The Kier molecular flexibility index (Phi) is 9.26. The molecule has 3 aromatic carbocycles. The van der Waals surface area contributed by atoms with E-state index in [4.69, 9.17) is 4.89 Å². The van der Waals surface area contributed by atoms with E-state index in [0.29, 0.717) is 25.9 Å². The molecule has 1 unspecified atom stereocenters. The summed E-state index contributed by atoms with van der Waals surface area (Å²) >= 11 is 0. The molecule has 4 aromatic rings. The summed E-state index contributed by atoms with van der Waals surface area (Å²) in [7, 11) is -2.55. The number of fused-ring (bicyclic) bond motifs is 1. The van der Waals surface area contributed by atoms with Gasteiger partial charge in [0.15, 0.2) is 0 Å². The first-order chi connectivity index (χ1) is 17.5. The van der Waals surface area contributed by atoms with Crippen LogP contribution in [0.15, 0.2) is 72.9 Å². The van der Waals surface area contributed by atoms with Crippen LogP contribution in [0, 0.1) is 12.7 Å². The van der Waals surface area contributed by atoms with Crippen LogP contribution in [-0.2, 0) is 28.5 Å². The largest absolute Gasteiger partial charge is 0.694 e. The standard InChI is InChI=1S/C29H30FN2O3P/c1-21-8-10-22(11-9-21)5-2-6-23-12-13-24(19-28(23)30)26-15-14-25(29-27(26)7-3-17-32-29)20-31-16-4-18-35-36(33)34/h3,7-15,17,19,31H,2,4-6,16,18,20H2,1H3/p+1. The highest BCUT2D eigenvalue weighted by atomic mass is 31.1. The van der Waals surface area contributed by atoms with Crippen LogP contribution < -0.4 is 5.32 Å². The molecule has 0 aliphatic heterocycles. The van der Waals surface area contributed by atoms with Crippen molar-refractivity contribution in [1.82, 2.24) is 10.3 Å². The molecule has 1 aromatic heterocycles. The van der Waals surface area contributed by atoms with Gasteiger partial charge in [0.25, 0.3) is 0 Å². The van der Waals surface area contributed by atoms with Gasteiger partial charge < -0.3 is 5.32 Å². The SMILES string of the molecule is Cc1ccc(CCCc2ccc(-c3ccc(CNCCCO[P+](=O)O)c4ncccc34)cc2F)cc1. The topological polar surface area (TPSA) is 71.5 Å². The molecule has 0 aliphatic rings. The van der Waals surface area contributed by atoms with Gasteiger partial charge in [-0.15, -0.1) is 9.42 Å². The van der Waals surface area contributed by atoms with E-state index < -0.39 is 8.25 Å². The van der Waals surface area contributed by atoms with Gasteiger partial charge in [-0.25, -0.2) is 4.39 Å². The lowest BCUT2D eigenvalue weighted by atomic mass is 9.95. The van der Waals surface area contributed by atoms with Crippen molar-refractivity contribution in [2.75, 3.05) is 13.2 Å². The molecular formula is C29H31FN2O3P+. The molecule has 5 nitrogen and oxygen atoms in total. The van der Waals surface area contributed by atoms with E-state index in [2.05, 4.69) is 46.0 Å². The van der Waals surface area contributed by atoms with Gasteiger partial charge in [-0.3, -0.25) is 4.98 Å². The Morgan fingerprint density at radius 2 is 1.81 bits per heavy atom. The molecule has 0 radical (unpaired) electrons. The van der Waals surface area contributed by atoms with Crippen LogP contribution in [-0.4, -0.2) is 23.0 Å². The van der Waals surface area contributed by atoms with E-state index in [1.54, 1.807) is 12.3 Å². The molecule has 0 saturated carbocycles. The van der Waals surface area contributed by atoms with Crippen LogP contribution in [0.4, 0.5) is 4.39 Å². The first-order valence-corrected chi connectivity index (χ1v) is 13.3. The van der Waals surface area contributed by atoms with Gasteiger partial charge in [0.2, 0.25) is 0 Å². The highest BCUT2D eigenvalue weighted by Crippen LogP contribution is 2.31. The normalized spacial score (nSPS) is 11.7. The molecule has 2 N–H and O–H groups in total. The Balaban J connectivity index is 1.43. The number of pyridine rings is 1. The average Bonchev–Trinajstić information content (AvgIpc) is 2.88.